The summed E-state index contributed by atoms with van der Waals surface area (Å²) in [5.41, 5.74) is 16.8. The molecule has 0 radical (unpaired) electrons. The Morgan fingerprint density at radius 1 is 0.635 bits per heavy atom. The van der Waals surface area contributed by atoms with Gasteiger partial charge in [-0.1, -0.05) is 109 Å². The lowest BCUT2D eigenvalue weighted by atomic mass is 9.95. The van der Waals surface area contributed by atoms with Crippen molar-refractivity contribution in [3.8, 4) is 22.3 Å². The van der Waals surface area contributed by atoms with Crippen LogP contribution in [-0.2, 0) is 20.7 Å². The second kappa shape index (κ2) is 22.8. The van der Waals surface area contributed by atoms with Gasteiger partial charge in [-0.2, -0.15) is 0 Å². The first-order valence-corrected chi connectivity index (χ1v) is 21.9. The molecule has 0 aliphatic heterocycles. The summed E-state index contributed by atoms with van der Waals surface area (Å²) < 4.78 is 15.3. The summed E-state index contributed by atoms with van der Waals surface area (Å²) >= 11 is 0. The van der Waals surface area contributed by atoms with Gasteiger partial charge in [-0.15, -0.1) is 0 Å². The zero-order valence-electron chi connectivity index (χ0n) is 39.7. The van der Waals surface area contributed by atoms with E-state index in [1.807, 2.05) is 87.5 Å². The molecule has 5 aromatic rings. The summed E-state index contributed by atoms with van der Waals surface area (Å²) in [5.74, 6) is 1.56. The van der Waals surface area contributed by atoms with Crippen LogP contribution in [0.2, 0.25) is 0 Å². The maximum absolute atomic E-state index is 13.0. The number of nitrogen functional groups attached to an aromatic ring is 1. The molecule has 0 unspecified atom stereocenters. The van der Waals surface area contributed by atoms with Crippen LogP contribution in [0, 0.1) is 44.4 Å². The summed E-state index contributed by atoms with van der Waals surface area (Å²) in [4.78, 5) is 42.6. The minimum absolute atomic E-state index is 0.0801. The number of hydrogen-bond donors (Lipinski definition) is 2. The van der Waals surface area contributed by atoms with Crippen molar-refractivity contribution in [2.75, 3.05) is 61.2 Å². The molecule has 11 nitrogen and oxygen atoms in total. The molecular weight excluding hydrogens is 791 g/mol. The highest BCUT2D eigenvalue weighted by Crippen LogP contribution is 2.36. The van der Waals surface area contributed by atoms with Crippen LogP contribution in [0.5, 0.6) is 0 Å². The second-order valence-electron chi connectivity index (χ2n) is 18.0. The zero-order valence-corrected chi connectivity index (χ0v) is 39.7. The number of nitrogens with zero attached hydrogens (tertiary/aromatic N) is 3. The molecular formula is C52H69N5O6. The van der Waals surface area contributed by atoms with Crippen LogP contribution in [0.25, 0.3) is 22.3 Å². The Hall–Kier alpha value is -6.10. The highest BCUT2D eigenvalue weighted by Gasteiger charge is 2.22. The van der Waals surface area contributed by atoms with Crippen LogP contribution >= 0.6 is 0 Å². The fourth-order valence-electron chi connectivity index (χ4n) is 7.81. The molecule has 63 heavy (non-hydrogen) atoms. The first kappa shape index (κ1) is 49.6. The SMILES string of the molecule is COC(=O)c1c(C)cccc1-c1ccc(N(CC(C)C)CC(C)C)c(N)c1.COC(=O)c1c(C)cccc1-c1ccc(N(CC(C)C)CC(C)C)c(NC(=O)Cc2cc(C)no2)c1. The number of esters is 2. The predicted molar refractivity (Wildman–Crippen MR) is 258 cm³/mol. The van der Waals surface area contributed by atoms with E-state index in [2.05, 4.69) is 81.7 Å². The van der Waals surface area contributed by atoms with E-state index >= 15 is 0 Å². The van der Waals surface area contributed by atoms with E-state index in [1.165, 1.54) is 14.2 Å². The number of rotatable bonds is 17. The molecule has 3 N–H and O–H groups in total. The maximum Gasteiger partial charge on any atom is 0.338 e. The Morgan fingerprint density at radius 2 is 1.08 bits per heavy atom. The summed E-state index contributed by atoms with van der Waals surface area (Å²) in [6.07, 6.45) is 0.0801. The molecule has 11 heteroatoms. The van der Waals surface area contributed by atoms with E-state index < -0.39 is 0 Å². The van der Waals surface area contributed by atoms with Gasteiger partial charge in [0, 0.05) is 32.2 Å². The van der Waals surface area contributed by atoms with Crippen molar-refractivity contribution in [1.29, 1.82) is 0 Å². The summed E-state index contributed by atoms with van der Waals surface area (Å²) in [6, 6.07) is 25.3. The van der Waals surface area contributed by atoms with Crippen molar-refractivity contribution in [1.82, 2.24) is 5.16 Å². The number of nitrogens with two attached hydrogens (primary N) is 1. The largest absolute Gasteiger partial charge is 0.465 e. The topological polar surface area (TPSA) is 140 Å². The normalized spacial score (nSPS) is 11.1. The Morgan fingerprint density at radius 3 is 1.49 bits per heavy atom. The molecule has 5 rings (SSSR count). The highest BCUT2D eigenvalue weighted by atomic mass is 16.5. The Kier molecular flexibility index (Phi) is 18.0. The van der Waals surface area contributed by atoms with Crippen LogP contribution in [-0.4, -0.2) is 63.4 Å². The average Bonchev–Trinajstić information content (AvgIpc) is 3.62. The number of aryl methyl sites for hydroxylation is 3. The maximum atomic E-state index is 13.0. The van der Waals surface area contributed by atoms with Gasteiger partial charge in [-0.05, 0) is 102 Å². The van der Waals surface area contributed by atoms with Gasteiger partial charge >= 0.3 is 11.9 Å². The van der Waals surface area contributed by atoms with E-state index in [4.69, 9.17) is 19.7 Å². The minimum atomic E-state index is -0.389. The molecule has 1 aromatic heterocycles. The lowest BCUT2D eigenvalue weighted by Crippen LogP contribution is -2.32. The quantitative estimate of drug-likeness (QED) is 0.0686. The number of hydrogen-bond acceptors (Lipinski definition) is 10. The molecule has 0 atom stereocenters. The molecule has 4 aromatic carbocycles. The molecule has 0 spiro atoms. The van der Waals surface area contributed by atoms with Gasteiger partial charge in [0.15, 0.2) is 0 Å². The van der Waals surface area contributed by atoms with Gasteiger partial charge in [0.1, 0.15) is 5.76 Å². The van der Waals surface area contributed by atoms with Gasteiger partial charge in [0.25, 0.3) is 0 Å². The van der Waals surface area contributed by atoms with Crippen molar-refractivity contribution in [2.24, 2.45) is 23.7 Å². The van der Waals surface area contributed by atoms with Crippen molar-refractivity contribution >= 4 is 40.6 Å². The molecule has 1 amide bonds. The molecule has 0 bridgehead atoms. The third kappa shape index (κ3) is 13.7. The van der Waals surface area contributed by atoms with E-state index in [0.717, 1.165) is 82.3 Å². The fourth-order valence-corrected chi connectivity index (χ4v) is 7.81. The smallest absolute Gasteiger partial charge is 0.338 e. The number of ether oxygens (including phenoxy) is 2. The number of benzene rings is 4. The molecule has 338 valence electrons. The second-order valence-corrected chi connectivity index (χ2v) is 18.0. The van der Waals surface area contributed by atoms with Crippen LogP contribution < -0.4 is 20.9 Å². The zero-order chi connectivity index (χ0) is 46.5. The number of methoxy groups -OCH3 is 2. The lowest BCUT2D eigenvalue weighted by molar-refractivity contribution is -0.115. The standard InChI is InChI=1S/C29H37N3O4.C23H32N2O2/c1-18(2)16-32(17-19(3)4)26-12-11-22(24-10-8-9-20(5)28(24)29(34)35-7)14-25(26)30-27(33)15-23-13-21(6)31-36-23;1-15(2)13-25(14-16(3)4)21-11-10-18(12-20(21)24)19-9-7-8-17(5)22(19)23(26)27-6/h8-14,18-19H,15-17H2,1-7H3,(H,30,33);7-12,15-16H,13-14,24H2,1-6H3. The van der Waals surface area contributed by atoms with Crippen molar-refractivity contribution < 1.29 is 28.4 Å². The fraction of sp³-hybridized carbons (Fsp3) is 0.423. The Balaban J connectivity index is 0.000000288. The van der Waals surface area contributed by atoms with Crippen molar-refractivity contribution in [2.45, 2.75) is 82.6 Å². The number of nitrogens with one attached hydrogen (secondary N) is 1. The third-order valence-corrected chi connectivity index (χ3v) is 10.3. The predicted octanol–water partition coefficient (Wildman–Crippen LogP) is 11.2. The number of carbonyl (C=O) groups is 3. The number of carbonyl (C=O) groups excluding carboxylic acids is 3. The monoisotopic (exact) mass is 860 g/mol. The average molecular weight is 860 g/mol. The summed E-state index contributed by atoms with van der Waals surface area (Å²) in [5, 5.41) is 6.98. The number of amides is 1. The summed E-state index contributed by atoms with van der Waals surface area (Å²) in [6.45, 7) is 26.8. The van der Waals surface area contributed by atoms with E-state index in [0.29, 0.717) is 46.2 Å². The first-order chi connectivity index (χ1) is 29.8. The van der Waals surface area contributed by atoms with E-state index in [9.17, 15) is 14.4 Å². The van der Waals surface area contributed by atoms with Gasteiger partial charge in [0.05, 0.1) is 60.2 Å². The molecule has 0 aliphatic rings. The number of aromatic nitrogens is 1. The minimum Gasteiger partial charge on any atom is -0.465 e. The number of anilines is 4. The van der Waals surface area contributed by atoms with Gasteiger partial charge in [-0.25, -0.2) is 9.59 Å². The van der Waals surface area contributed by atoms with Crippen molar-refractivity contribution in [3.63, 3.8) is 0 Å². The lowest BCUT2D eigenvalue weighted by Gasteiger charge is -2.31. The molecule has 0 fully saturated rings. The highest BCUT2D eigenvalue weighted by molar-refractivity contribution is 6.01. The van der Waals surface area contributed by atoms with Crippen LogP contribution in [0.1, 0.15) is 98.7 Å². The molecule has 1 heterocycles. The van der Waals surface area contributed by atoms with E-state index in [1.54, 1.807) is 6.07 Å². The van der Waals surface area contributed by atoms with Gasteiger partial charge < -0.3 is 34.8 Å². The van der Waals surface area contributed by atoms with Crippen LogP contribution in [0.4, 0.5) is 22.7 Å². The molecule has 0 saturated carbocycles. The van der Waals surface area contributed by atoms with E-state index in [-0.39, 0.29) is 24.3 Å². The van der Waals surface area contributed by atoms with Crippen molar-refractivity contribution in [3.05, 3.63) is 113 Å². The molecule has 0 aliphatic carbocycles. The van der Waals surface area contributed by atoms with Crippen LogP contribution in [0.15, 0.2) is 83.4 Å². The third-order valence-electron chi connectivity index (χ3n) is 10.3. The summed E-state index contributed by atoms with van der Waals surface area (Å²) in [7, 11) is 2.79. The van der Waals surface area contributed by atoms with Crippen LogP contribution in [0.3, 0.4) is 0 Å². The van der Waals surface area contributed by atoms with Gasteiger partial charge in [0.2, 0.25) is 5.91 Å². The molecule has 0 saturated heterocycles. The van der Waals surface area contributed by atoms with Gasteiger partial charge in [-0.3, -0.25) is 4.79 Å². The Labute approximate surface area is 375 Å². The Bertz CT molecular complexity index is 2310. The first-order valence-electron chi connectivity index (χ1n) is 21.9.